The van der Waals surface area contributed by atoms with E-state index in [2.05, 4.69) is 25.8 Å². The summed E-state index contributed by atoms with van der Waals surface area (Å²) in [6.45, 7) is 1.34. The highest BCUT2D eigenvalue weighted by atomic mass is 79.9. The van der Waals surface area contributed by atoms with Gasteiger partial charge in [0.1, 0.15) is 0 Å². The maximum atomic E-state index is 13.3. The van der Waals surface area contributed by atoms with E-state index in [1.165, 1.54) is 11.3 Å². The highest BCUT2D eigenvalue weighted by Crippen LogP contribution is 2.32. The summed E-state index contributed by atoms with van der Waals surface area (Å²) in [6, 6.07) is 11.6. The highest BCUT2D eigenvalue weighted by molar-refractivity contribution is 9.10. The summed E-state index contributed by atoms with van der Waals surface area (Å²) in [6.07, 6.45) is 0. The Morgan fingerprint density at radius 2 is 1.89 bits per heavy atom. The number of benzene rings is 2. The standard InChI is InChI=1S/C19H17BrN4OS2/c1-23(2)7-8-24(19-22-15-6-4-13(20)10-17(15)27-19)18(25)12-3-5-14-16(9-12)26-11-21-14/h3-6,9-11H,7-8H2,1-2H3. The van der Waals surface area contributed by atoms with Crippen molar-refractivity contribution in [3.63, 3.8) is 0 Å². The van der Waals surface area contributed by atoms with Crippen LogP contribution in [0.3, 0.4) is 0 Å². The van der Waals surface area contributed by atoms with Crippen LogP contribution in [0.25, 0.3) is 20.4 Å². The number of aromatic nitrogens is 2. The Kier molecular flexibility index (Phi) is 5.23. The lowest BCUT2D eigenvalue weighted by Gasteiger charge is -2.22. The average Bonchev–Trinajstić information content (AvgIpc) is 3.26. The molecule has 0 aliphatic rings. The summed E-state index contributed by atoms with van der Waals surface area (Å²) in [5.74, 6) is -0.0368. The van der Waals surface area contributed by atoms with E-state index in [-0.39, 0.29) is 5.91 Å². The van der Waals surface area contributed by atoms with Gasteiger partial charge in [-0.1, -0.05) is 27.3 Å². The van der Waals surface area contributed by atoms with Gasteiger partial charge in [-0.2, -0.15) is 0 Å². The average molecular weight is 461 g/mol. The minimum atomic E-state index is -0.0368. The van der Waals surface area contributed by atoms with Gasteiger partial charge >= 0.3 is 0 Å². The number of rotatable bonds is 5. The van der Waals surface area contributed by atoms with E-state index in [9.17, 15) is 4.79 Å². The van der Waals surface area contributed by atoms with Gasteiger partial charge in [0, 0.05) is 23.1 Å². The molecule has 0 bridgehead atoms. The molecule has 0 spiro atoms. The molecule has 0 aliphatic heterocycles. The van der Waals surface area contributed by atoms with Crippen molar-refractivity contribution in [2.24, 2.45) is 0 Å². The lowest BCUT2D eigenvalue weighted by molar-refractivity contribution is 0.0985. The maximum Gasteiger partial charge on any atom is 0.260 e. The van der Waals surface area contributed by atoms with E-state index in [1.807, 2.05) is 50.5 Å². The molecular formula is C19H17BrN4OS2. The van der Waals surface area contributed by atoms with E-state index < -0.39 is 0 Å². The van der Waals surface area contributed by atoms with Crippen LogP contribution < -0.4 is 4.90 Å². The number of fused-ring (bicyclic) bond motifs is 2. The molecule has 0 saturated heterocycles. The second kappa shape index (κ2) is 7.63. The van der Waals surface area contributed by atoms with Gasteiger partial charge in [0.2, 0.25) is 0 Å². The van der Waals surface area contributed by atoms with Crippen LogP contribution in [0.1, 0.15) is 10.4 Å². The predicted octanol–water partition coefficient (Wildman–Crippen LogP) is 4.88. The van der Waals surface area contributed by atoms with Crippen molar-refractivity contribution in [1.29, 1.82) is 0 Å². The molecule has 0 N–H and O–H groups in total. The third-order valence-corrected chi connectivity index (χ3v) is 6.49. The van der Waals surface area contributed by atoms with E-state index >= 15 is 0 Å². The van der Waals surface area contributed by atoms with Crippen LogP contribution in [-0.2, 0) is 0 Å². The number of halogens is 1. The minimum Gasteiger partial charge on any atom is -0.308 e. The number of hydrogen-bond acceptors (Lipinski definition) is 6. The molecular weight excluding hydrogens is 444 g/mol. The zero-order valence-electron chi connectivity index (χ0n) is 14.8. The van der Waals surface area contributed by atoms with Gasteiger partial charge in [-0.05, 0) is 50.5 Å². The molecule has 8 heteroatoms. The van der Waals surface area contributed by atoms with Crippen LogP contribution in [0.2, 0.25) is 0 Å². The second-order valence-electron chi connectivity index (χ2n) is 6.40. The Labute approximate surface area is 173 Å². The molecule has 5 nitrogen and oxygen atoms in total. The van der Waals surface area contributed by atoms with Crippen molar-refractivity contribution < 1.29 is 4.79 Å². The molecule has 4 rings (SSSR count). The Bertz CT molecular complexity index is 1120. The Balaban J connectivity index is 1.73. The minimum absolute atomic E-state index is 0.0368. The largest absolute Gasteiger partial charge is 0.308 e. The Morgan fingerprint density at radius 1 is 1.07 bits per heavy atom. The molecule has 2 aromatic heterocycles. The predicted molar refractivity (Wildman–Crippen MR) is 117 cm³/mol. The zero-order chi connectivity index (χ0) is 19.0. The summed E-state index contributed by atoms with van der Waals surface area (Å²) >= 11 is 6.58. The summed E-state index contributed by atoms with van der Waals surface area (Å²) in [7, 11) is 4.00. The van der Waals surface area contributed by atoms with E-state index in [0.717, 1.165) is 36.6 Å². The number of likely N-dealkylation sites (N-methyl/N-ethyl adjacent to an activating group) is 1. The normalized spacial score (nSPS) is 11.6. The highest BCUT2D eigenvalue weighted by Gasteiger charge is 2.22. The molecule has 0 aliphatic carbocycles. The fourth-order valence-corrected chi connectivity index (χ4v) is 4.99. The maximum absolute atomic E-state index is 13.3. The van der Waals surface area contributed by atoms with Crippen LogP contribution in [-0.4, -0.2) is 48.0 Å². The summed E-state index contributed by atoms with van der Waals surface area (Å²) in [5.41, 5.74) is 4.28. The number of nitrogens with zero attached hydrogens (tertiary/aromatic N) is 4. The summed E-state index contributed by atoms with van der Waals surface area (Å²) in [5, 5.41) is 0.722. The van der Waals surface area contributed by atoms with Crippen LogP contribution in [0.15, 0.2) is 46.4 Å². The van der Waals surface area contributed by atoms with Crippen molar-refractivity contribution in [3.8, 4) is 0 Å². The van der Waals surface area contributed by atoms with Crippen LogP contribution in [0.5, 0.6) is 0 Å². The Morgan fingerprint density at radius 3 is 2.70 bits per heavy atom. The SMILES string of the molecule is CN(C)CCN(C(=O)c1ccc2ncsc2c1)c1nc2ccc(Br)cc2s1. The molecule has 0 saturated carbocycles. The number of anilines is 1. The first-order valence-corrected chi connectivity index (χ1v) is 10.9. The van der Waals surface area contributed by atoms with Crippen molar-refractivity contribution in [2.75, 3.05) is 32.1 Å². The first-order valence-electron chi connectivity index (χ1n) is 8.37. The van der Waals surface area contributed by atoms with Crippen LogP contribution in [0, 0.1) is 0 Å². The van der Waals surface area contributed by atoms with Crippen molar-refractivity contribution in [2.45, 2.75) is 0 Å². The van der Waals surface area contributed by atoms with Gasteiger partial charge in [-0.25, -0.2) is 9.97 Å². The molecule has 138 valence electrons. The molecule has 0 fully saturated rings. The molecule has 2 aromatic carbocycles. The van der Waals surface area contributed by atoms with Gasteiger partial charge in [0.05, 0.1) is 25.9 Å². The van der Waals surface area contributed by atoms with Gasteiger partial charge in [-0.15, -0.1) is 11.3 Å². The van der Waals surface area contributed by atoms with Gasteiger partial charge in [0.25, 0.3) is 5.91 Å². The summed E-state index contributed by atoms with van der Waals surface area (Å²) < 4.78 is 3.08. The number of hydrogen-bond donors (Lipinski definition) is 0. The topological polar surface area (TPSA) is 49.3 Å². The van der Waals surface area contributed by atoms with E-state index in [4.69, 9.17) is 4.98 Å². The molecule has 4 aromatic rings. The summed E-state index contributed by atoms with van der Waals surface area (Å²) in [4.78, 5) is 26.2. The first kappa shape index (κ1) is 18.5. The van der Waals surface area contributed by atoms with Crippen molar-refractivity contribution in [3.05, 3.63) is 51.9 Å². The second-order valence-corrected chi connectivity index (χ2v) is 9.21. The van der Waals surface area contributed by atoms with E-state index in [0.29, 0.717) is 12.1 Å². The fraction of sp³-hybridized carbons (Fsp3) is 0.211. The monoisotopic (exact) mass is 460 g/mol. The third-order valence-electron chi connectivity index (χ3n) is 4.16. The number of thiazole rings is 2. The number of carbonyl (C=O) groups excluding carboxylic acids is 1. The number of amides is 1. The van der Waals surface area contributed by atoms with Crippen molar-refractivity contribution in [1.82, 2.24) is 14.9 Å². The zero-order valence-corrected chi connectivity index (χ0v) is 18.1. The molecule has 27 heavy (non-hydrogen) atoms. The first-order chi connectivity index (χ1) is 13.0. The smallest absolute Gasteiger partial charge is 0.260 e. The fourth-order valence-electron chi connectivity index (χ4n) is 2.73. The third kappa shape index (κ3) is 3.89. The molecule has 0 unspecified atom stereocenters. The molecule has 2 heterocycles. The molecule has 1 amide bonds. The molecule has 0 atom stereocenters. The quantitative estimate of drug-likeness (QED) is 0.425. The Hall–Kier alpha value is -1.87. The van der Waals surface area contributed by atoms with E-state index in [1.54, 1.807) is 21.7 Å². The van der Waals surface area contributed by atoms with Crippen molar-refractivity contribution >= 4 is 70.1 Å². The van der Waals surface area contributed by atoms with Crippen LogP contribution in [0.4, 0.5) is 5.13 Å². The van der Waals surface area contributed by atoms with Gasteiger partial charge in [0.15, 0.2) is 5.13 Å². The lowest BCUT2D eigenvalue weighted by Crippen LogP contribution is -2.36. The lowest BCUT2D eigenvalue weighted by atomic mass is 10.2. The molecule has 0 radical (unpaired) electrons. The van der Waals surface area contributed by atoms with Gasteiger partial charge in [-0.3, -0.25) is 9.69 Å². The van der Waals surface area contributed by atoms with Crippen LogP contribution >= 0.6 is 38.6 Å². The number of carbonyl (C=O) groups is 1. The van der Waals surface area contributed by atoms with Gasteiger partial charge < -0.3 is 4.90 Å².